The molecule has 6 heteroatoms. The molecule has 104 valence electrons. The molecule has 3 rings (SSSR count). The highest BCUT2D eigenvalue weighted by Crippen LogP contribution is 2.17. The van der Waals surface area contributed by atoms with Crippen LogP contribution in [-0.2, 0) is 9.53 Å². The largest absolute Gasteiger partial charge is 0.452 e. The van der Waals surface area contributed by atoms with Crippen LogP contribution in [0, 0.1) is 0 Å². The first-order chi connectivity index (χ1) is 9.75. The van der Waals surface area contributed by atoms with E-state index in [0.717, 1.165) is 25.9 Å². The van der Waals surface area contributed by atoms with Gasteiger partial charge in [-0.15, -0.1) is 0 Å². The van der Waals surface area contributed by atoms with Gasteiger partial charge < -0.3 is 14.1 Å². The molecule has 0 unspecified atom stereocenters. The van der Waals surface area contributed by atoms with Gasteiger partial charge in [0, 0.05) is 13.1 Å². The number of nitrogens with zero attached hydrogens (tertiary/aromatic N) is 2. The average Bonchev–Trinajstić information content (AvgIpc) is 3.13. The van der Waals surface area contributed by atoms with Crippen LogP contribution in [0.2, 0.25) is 0 Å². The fourth-order valence-electron chi connectivity index (χ4n) is 2.31. The monoisotopic (exact) mass is 274 g/mol. The van der Waals surface area contributed by atoms with E-state index in [1.54, 1.807) is 23.1 Å². The molecule has 0 atom stereocenters. The molecule has 0 N–H and O–H groups in total. The molecule has 1 aliphatic rings. The molecule has 0 aliphatic carbocycles. The summed E-state index contributed by atoms with van der Waals surface area (Å²) in [6, 6.07) is 5.01. The summed E-state index contributed by atoms with van der Waals surface area (Å²) in [6.07, 6.45) is 3.30. The van der Waals surface area contributed by atoms with Gasteiger partial charge in [-0.2, -0.15) is 0 Å². The van der Waals surface area contributed by atoms with Crippen molar-refractivity contribution in [1.82, 2.24) is 9.88 Å². The number of carbonyl (C=O) groups excluding carboxylic acids is 2. The Kier molecular flexibility index (Phi) is 3.37. The number of amides is 1. The van der Waals surface area contributed by atoms with Crippen molar-refractivity contribution in [2.24, 2.45) is 0 Å². The van der Waals surface area contributed by atoms with Crippen molar-refractivity contribution in [3.63, 3.8) is 0 Å². The highest BCUT2D eigenvalue weighted by molar-refractivity contribution is 6.01. The minimum Gasteiger partial charge on any atom is -0.452 e. The lowest BCUT2D eigenvalue weighted by Crippen LogP contribution is -2.32. The topological polar surface area (TPSA) is 72.6 Å². The number of likely N-dealkylation sites (tertiary alicyclic amines) is 1. The standard InChI is InChI=1S/C14H14N2O4/c17-12(16-6-1-2-7-16)8-19-14(18)10-4-3-5-11-13(10)15-9-20-11/h3-5,9H,1-2,6-8H2. The predicted molar refractivity (Wildman–Crippen MR) is 70.1 cm³/mol. The molecule has 0 spiro atoms. The molecule has 1 amide bonds. The maximum atomic E-state index is 12.0. The second kappa shape index (κ2) is 5.32. The summed E-state index contributed by atoms with van der Waals surface area (Å²) in [6.45, 7) is 1.26. The number of esters is 1. The first-order valence-corrected chi connectivity index (χ1v) is 6.53. The molecule has 0 radical (unpaired) electrons. The number of fused-ring (bicyclic) bond motifs is 1. The van der Waals surface area contributed by atoms with Gasteiger partial charge in [-0.25, -0.2) is 9.78 Å². The van der Waals surface area contributed by atoms with Crippen LogP contribution in [0.1, 0.15) is 23.2 Å². The summed E-state index contributed by atoms with van der Waals surface area (Å²) in [5.74, 6) is -0.708. The van der Waals surface area contributed by atoms with Crippen molar-refractivity contribution < 1.29 is 18.7 Å². The third-order valence-corrected chi connectivity index (χ3v) is 3.37. The molecular formula is C14H14N2O4. The number of aromatic nitrogens is 1. The quantitative estimate of drug-likeness (QED) is 0.795. The second-order valence-electron chi connectivity index (χ2n) is 4.67. The molecule has 1 fully saturated rings. The number of para-hydroxylation sites is 1. The van der Waals surface area contributed by atoms with E-state index in [2.05, 4.69) is 4.98 Å². The molecule has 1 aromatic carbocycles. The van der Waals surface area contributed by atoms with Crippen LogP contribution >= 0.6 is 0 Å². The van der Waals surface area contributed by atoms with Crippen LogP contribution in [0.4, 0.5) is 0 Å². The van der Waals surface area contributed by atoms with Crippen LogP contribution in [0.3, 0.4) is 0 Å². The third-order valence-electron chi connectivity index (χ3n) is 3.37. The highest BCUT2D eigenvalue weighted by Gasteiger charge is 2.20. The van der Waals surface area contributed by atoms with Crippen LogP contribution in [0.25, 0.3) is 11.1 Å². The van der Waals surface area contributed by atoms with Gasteiger partial charge >= 0.3 is 5.97 Å². The molecule has 2 heterocycles. The van der Waals surface area contributed by atoms with Gasteiger partial charge in [-0.3, -0.25) is 4.79 Å². The molecule has 6 nitrogen and oxygen atoms in total. The summed E-state index contributed by atoms with van der Waals surface area (Å²) in [5, 5.41) is 0. The summed E-state index contributed by atoms with van der Waals surface area (Å²) < 4.78 is 10.2. The van der Waals surface area contributed by atoms with Crippen molar-refractivity contribution in [3.8, 4) is 0 Å². The Morgan fingerprint density at radius 3 is 2.90 bits per heavy atom. The van der Waals surface area contributed by atoms with E-state index >= 15 is 0 Å². The molecule has 0 saturated carbocycles. The fraction of sp³-hybridized carbons (Fsp3) is 0.357. The van der Waals surface area contributed by atoms with Crippen LogP contribution in [-0.4, -0.2) is 41.5 Å². The van der Waals surface area contributed by atoms with Crippen molar-refractivity contribution >= 4 is 23.0 Å². The number of hydrogen-bond donors (Lipinski definition) is 0. The van der Waals surface area contributed by atoms with E-state index < -0.39 is 5.97 Å². The number of oxazole rings is 1. The summed E-state index contributed by atoms with van der Waals surface area (Å²) in [7, 11) is 0. The van der Waals surface area contributed by atoms with Crippen molar-refractivity contribution in [3.05, 3.63) is 30.2 Å². The molecule has 0 bridgehead atoms. The second-order valence-corrected chi connectivity index (χ2v) is 4.67. The van der Waals surface area contributed by atoms with E-state index in [0.29, 0.717) is 16.7 Å². The van der Waals surface area contributed by atoms with Crippen molar-refractivity contribution in [1.29, 1.82) is 0 Å². The smallest absolute Gasteiger partial charge is 0.340 e. The molecule has 1 aliphatic heterocycles. The average molecular weight is 274 g/mol. The summed E-state index contributed by atoms with van der Waals surface area (Å²) in [4.78, 5) is 29.5. The third kappa shape index (κ3) is 2.36. The molecule has 1 saturated heterocycles. The lowest BCUT2D eigenvalue weighted by atomic mass is 10.2. The van der Waals surface area contributed by atoms with E-state index in [9.17, 15) is 9.59 Å². The van der Waals surface area contributed by atoms with Gasteiger partial charge in [0.1, 0.15) is 5.52 Å². The lowest BCUT2D eigenvalue weighted by molar-refractivity contribution is -0.133. The Hall–Kier alpha value is -2.37. The summed E-state index contributed by atoms with van der Waals surface area (Å²) in [5.41, 5.74) is 1.28. The van der Waals surface area contributed by atoms with Gasteiger partial charge in [-0.1, -0.05) is 6.07 Å². The molecular weight excluding hydrogens is 260 g/mol. The minimum absolute atomic E-state index is 0.150. The SMILES string of the molecule is O=C(OCC(=O)N1CCCC1)c1cccc2ocnc12. The first kappa shape index (κ1) is 12.7. The van der Waals surface area contributed by atoms with E-state index in [1.165, 1.54) is 6.39 Å². The fourth-order valence-corrected chi connectivity index (χ4v) is 2.31. The number of carbonyl (C=O) groups is 2. The van der Waals surface area contributed by atoms with Gasteiger partial charge in [0.2, 0.25) is 0 Å². The Labute approximate surface area is 115 Å². The van der Waals surface area contributed by atoms with Gasteiger partial charge in [0.15, 0.2) is 18.6 Å². The Bertz CT molecular complexity index is 643. The minimum atomic E-state index is -0.558. The van der Waals surface area contributed by atoms with Gasteiger partial charge in [0.25, 0.3) is 5.91 Å². The van der Waals surface area contributed by atoms with E-state index in [4.69, 9.17) is 9.15 Å². The Morgan fingerprint density at radius 2 is 2.10 bits per heavy atom. The maximum absolute atomic E-state index is 12.0. The van der Waals surface area contributed by atoms with E-state index in [1.807, 2.05) is 0 Å². The molecule has 2 aromatic rings. The highest BCUT2D eigenvalue weighted by atomic mass is 16.5. The summed E-state index contributed by atoms with van der Waals surface area (Å²) >= 11 is 0. The molecule has 20 heavy (non-hydrogen) atoms. The molecule has 1 aromatic heterocycles. The Balaban J connectivity index is 1.67. The van der Waals surface area contributed by atoms with Crippen LogP contribution in [0.5, 0.6) is 0 Å². The maximum Gasteiger partial charge on any atom is 0.340 e. The zero-order chi connectivity index (χ0) is 13.9. The number of rotatable bonds is 3. The van der Waals surface area contributed by atoms with Crippen LogP contribution in [0.15, 0.2) is 29.0 Å². The van der Waals surface area contributed by atoms with E-state index in [-0.39, 0.29) is 12.5 Å². The first-order valence-electron chi connectivity index (χ1n) is 6.53. The number of benzene rings is 1. The van der Waals surface area contributed by atoms with Crippen molar-refractivity contribution in [2.45, 2.75) is 12.8 Å². The zero-order valence-electron chi connectivity index (χ0n) is 10.9. The number of ether oxygens (including phenoxy) is 1. The van der Waals surface area contributed by atoms with Gasteiger partial charge in [0.05, 0.1) is 5.56 Å². The van der Waals surface area contributed by atoms with Crippen molar-refractivity contribution in [2.75, 3.05) is 19.7 Å². The zero-order valence-corrected chi connectivity index (χ0v) is 10.9. The normalized spacial score (nSPS) is 14.7. The predicted octanol–water partition coefficient (Wildman–Crippen LogP) is 1.61. The Morgan fingerprint density at radius 1 is 1.30 bits per heavy atom. The van der Waals surface area contributed by atoms with Crippen LogP contribution < -0.4 is 0 Å². The number of hydrogen-bond acceptors (Lipinski definition) is 5. The lowest BCUT2D eigenvalue weighted by Gasteiger charge is -2.14. The van der Waals surface area contributed by atoms with Gasteiger partial charge in [-0.05, 0) is 25.0 Å².